The molecule has 22 heavy (non-hydrogen) atoms. The molecule has 0 bridgehead atoms. The predicted octanol–water partition coefficient (Wildman–Crippen LogP) is 1.31. The van der Waals surface area contributed by atoms with E-state index >= 15 is 0 Å². The van der Waals surface area contributed by atoms with Crippen molar-refractivity contribution in [3.63, 3.8) is 0 Å². The summed E-state index contributed by atoms with van der Waals surface area (Å²) in [5.74, 6) is 0.898. The van der Waals surface area contributed by atoms with Gasteiger partial charge in [0.1, 0.15) is 0 Å². The van der Waals surface area contributed by atoms with Crippen LogP contribution in [0.4, 0.5) is 0 Å². The zero-order valence-electron chi connectivity index (χ0n) is 14.3. The van der Waals surface area contributed by atoms with Crippen LogP contribution in [0, 0.1) is 0 Å². The van der Waals surface area contributed by atoms with Gasteiger partial charge in [0.05, 0.1) is 19.3 Å². The molecule has 0 aromatic rings. The van der Waals surface area contributed by atoms with Gasteiger partial charge in [0.15, 0.2) is 5.96 Å². The second-order valence-electron chi connectivity index (χ2n) is 5.41. The Hall–Kier alpha value is -0.120. The van der Waals surface area contributed by atoms with Crippen molar-refractivity contribution in [2.75, 3.05) is 59.1 Å². The molecule has 0 aromatic heterocycles. The van der Waals surface area contributed by atoms with Crippen molar-refractivity contribution < 1.29 is 9.47 Å². The Morgan fingerprint density at radius 3 is 2.64 bits per heavy atom. The molecule has 1 saturated heterocycles. The monoisotopic (exact) mass is 428 g/mol. The van der Waals surface area contributed by atoms with Crippen LogP contribution >= 0.6 is 24.0 Å². The fourth-order valence-electron chi connectivity index (χ4n) is 2.07. The first-order valence-corrected chi connectivity index (χ1v) is 8.16. The molecule has 0 aromatic carbocycles. The van der Waals surface area contributed by atoms with E-state index in [0.717, 1.165) is 71.5 Å². The number of halogens is 1. The molecule has 0 spiro atoms. The third-order valence-electron chi connectivity index (χ3n) is 3.19. The van der Waals surface area contributed by atoms with E-state index in [4.69, 9.17) is 9.47 Å². The number of guanidine groups is 1. The van der Waals surface area contributed by atoms with Crippen molar-refractivity contribution in [1.82, 2.24) is 15.5 Å². The van der Waals surface area contributed by atoms with Crippen molar-refractivity contribution >= 4 is 29.9 Å². The number of morpholine rings is 1. The first-order chi connectivity index (χ1) is 10.2. The van der Waals surface area contributed by atoms with Gasteiger partial charge in [-0.1, -0.05) is 0 Å². The molecule has 0 radical (unpaired) electrons. The molecular formula is C15H33IN4O2. The fourth-order valence-corrected chi connectivity index (χ4v) is 2.07. The maximum absolute atomic E-state index is 5.52. The summed E-state index contributed by atoms with van der Waals surface area (Å²) in [5.41, 5.74) is 0. The van der Waals surface area contributed by atoms with Gasteiger partial charge in [-0.05, 0) is 27.2 Å². The van der Waals surface area contributed by atoms with Crippen molar-refractivity contribution in [1.29, 1.82) is 0 Å². The summed E-state index contributed by atoms with van der Waals surface area (Å²) in [4.78, 5) is 6.98. The van der Waals surface area contributed by atoms with Crippen LogP contribution in [-0.2, 0) is 9.47 Å². The van der Waals surface area contributed by atoms with Crippen LogP contribution < -0.4 is 10.6 Å². The molecule has 0 saturated carbocycles. The molecule has 1 rings (SSSR count). The summed E-state index contributed by atoms with van der Waals surface area (Å²) in [7, 11) is 0. The van der Waals surface area contributed by atoms with Gasteiger partial charge >= 0.3 is 0 Å². The number of rotatable bonds is 9. The number of nitrogens with one attached hydrogen (secondary N) is 2. The van der Waals surface area contributed by atoms with Gasteiger partial charge in [-0.3, -0.25) is 9.89 Å². The number of hydrogen-bond donors (Lipinski definition) is 2. The Balaban J connectivity index is 0.00000441. The Morgan fingerprint density at radius 2 is 2.00 bits per heavy atom. The SMILES string of the molecule is CCNC(=NCCCOC(C)C)NCCN1CCOCC1.I. The largest absolute Gasteiger partial charge is 0.379 e. The van der Waals surface area contributed by atoms with E-state index in [1.807, 2.05) is 0 Å². The lowest BCUT2D eigenvalue weighted by molar-refractivity contribution is 0.0389. The Kier molecular flexibility index (Phi) is 14.4. The van der Waals surface area contributed by atoms with Crippen molar-refractivity contribution in [3.05, 3.63) is 0 Å². The maximum Gasteiger partial charge on any atom is 0.191 e. The molecule has 2 N–H and O–H groups in total. The first-order valence-electron chi connectivity index (χ1n) is 8.16. The van der Waals surface area contributed by atoms with Crippen molar-refractivity contribution in [3.8, 4) is 0 Å². The molecule has 1 fully saturated rings. The lowest BCUT2D eigenvalue weighted by atomic mass is 10.4. The van der Waals surface area contributed by atoms with E-state index in [-0.39, 0.29) is 24.0 Å². The molecule has 0 amide bonds. The van der Waals surface area contributed by atoms with Crippen LogP contribution in [-0.4, -0.2) is 76.1 Å². The summed E-state index contributed by atoms with van der Waals surface area (Å²) < 4.78 is 10.9. The van der Waals surface area contributed by atoms with E-state index in [0.29, 0.717) is 6.10 Å². The minimum atomic E-state index is 0. The van der Waals surface area contributed by atoms with Gasteiger partial charge in [0, 0.05) is 45.9 Å². The van der Waals surface area contributed by atoms with Gasteiger partial charge in [-0.25, -0.2) is 0 Å². The minimum Gasteiger partial charge on any atom is -0.379 e. The normalized spacial score (nSPS) is 16.5. The van der Waals surface area contributed by atoms with Crippen LogP contribution in [0.5, 0.6) is 0 Å². The van der Waals surface area contributed by atoms with Crippen LogP contribution in [0.2, 0.25) is 0 Å². The molecule has 0 aliphatic carbocycles. The molecule has 0 unspecified atom stereocenters. The summed E-state index contributed by atoms with van der Waals surface area (Å²) in [6, 6.07) is 0. The first kappa shape index (κ1) is 21.9. The standard InChI is InChI=1S/C15H32N4O2.HI/c1-4-16-15(17-6-5-11-21-14(2)3)18-7-8-19-9-12-20-13-10-19;/h14H,4-13H2,1-3H3,(H2,16,17,18);1H. The molecule has 132 valence electrons. The lowest BCUT2D eigenvalue weighted by Crippen LogP contribution is -2.44. The zero-order valence-corrected chi connectivity index (χ0v) is 16.6. The third kappa shape index (κ3) is 11.4. The zero-order chi connectivity index (χ0) is 15.3. The summed E-state index contributed by atoms with van der Waals surface area (Å²) in [6.45, 7) is 14.3. The van der Waals surface area contributed by atoms with E-state index in [9.17, 15) is 0 Å². The van der Waals surface area contributed by atoms with Crippen LogP contribution in [0.3, 0.4) is 0 Å². The van der Waals surface area contributed by atoms with Crippen LogP contribution in [0.1, 0.15) is 27.2 Å². The van der Waals surface area contributed by atoms with Gasteiger partial charge in [0.2, 0.25) is 0 Å². The van der Waals surface area contributed by atoms with Crippen molar-refractivity contribution in [2.24, 2.45) is 4.99 Å². The molecule has 1 aliphatic rings. The number of ether oxygens (including phenoxy) is 2. The second-order valence-corrected chi connectivity index (χ2v) is 5.41. The minimum absolute atomic E-state index is 0. The molecule has 6 nitrogen and oxygen atoms in total. The average Bonchev–Trinajstić information content (AvgIpc) is 2.47. The highest BCUT2D eigenvalue weighted by Crippen LogP contribution is 1.95. The molecule has 1 heterocycles. The number of hydrogen-bond acceptors (Lipinski definition) is 4. The van der Waals surface area contributed by atoms with Crippen LogP contribution in [0.25, 0.3) is 0 Å². The van der Waals surface area contributed by atoms with E-state index < -0.39 is 0 Å². The summed E-state index contributed by atoms with van der Waals surface area (Å²) >= 11 is 0. The average molecular weight is 428 g/mol. The van der Waals surface area contributed by atoms with Gasteiger partial charge in [-0.2, -0.15) is 0 Å². The van der Waals surface area contributed by atoms with E-state index in [1.165, 1.54) is 0 Å². The predicted molar refractivity (Wildman–Crippen MR) is 102 cm³/mol. The Labute approximate surface area is 152 Å². The fraction of sp³-hybridized carbons (Fsp3) is 0.933. The topological polar surface area (TPSA) is 58.1 Å². The molecule has 1 aliphatic heterocycles. The lowest BCUT2D eigenvalue weighted by Gasteiger charge is -2.26. The highest BCUT2D eigenvalue weighted by Gasteiger charge is 2.09. The summed E-state index contributed by atoms with van der Waals surface area (Å²) in [6.07, 6.45) is 1.26. The Morgan fingerprint density at radius 1 is 1.27 bits per heavy atom. The molecule has 7 heteroatoms. The van der Waals surface area contributed by atoms with Crippen molar-refractivity contribution in [2.45, 2.75) is 33.3 Å². The highest BCUT2D eigenvalue weighted by molar-refractivity contribution is 14.0. The second kappa shape index (κ2) is 14.5. The van der Waals surface area contributed by atoms with Gasteiger partial charge in [0.25, 0.3) is 0 Å². The van der Waals surface area contributed by atoms with Crippen LogP contribution in [0.15, 0.2) is 4.99 Å². The smallest absolute Gasteiger partial charge is 0.191 e. The maximum atomic E-state index is 5.52. The molecular weight excluding hydrogens is 395 g/mol. The Bertz CT molecular complexity index is 285. The quantitative estimate of drug-likeness (QED) is 0.251. The van der Waals surface area contributed by atoms with Gasteiger partial charge < -0.3 is 20.1 Å². The summed E-state index contributed by atoms with van der Waals surface area (Å²) in [5, 5.41) is 6.66. The van der Waals surface area contributed by atoms with E-state index in [1.54, 1.807) is 0 Å². The number of nitrogens with zero attached hydrogens (tertiary/aromatic N) is 2. The highest BCUT2D eigenvalue weighted by atomic mass is 127. The number of aliphatic imine (C=N–C) groups is 1. The van der Waals surface area contributed by atoms with E-state index in [2.05, 4.69) is 41.3 Å². The van der Waals surface area contributed by atoms with Gasteiger partial charge in [-0.15, -0.1) is 24.0 Å². The third-order valence-corrected chi connectivity index (χ3v) is 3.19. The molecule has 0 atom stereocenters.